The molecule has 6 nitrogen and oxygen atoms in total. The highest BCUT2D eigenvalue weighted by Crippen LogP contribution is 2.33. The van der Waals surface area contributed by atoms with E-state index in [1.807, 2.05) is 0 Å². The van der Waals surface area contributed by atoms with Gasteiger partial charge in [-0.05, 0) is 31.4 Å². The van der Waals surface area contributed by atoms with Crippen LogP contribution in [-0.4, -0.2) is 46.2 Å². The minimum atomic E-state index is -2.70. The molecule has 1 N–H and O–H groups in total. The van der Waals surface area contributed by atoms with Gasteiger partial charge >= 0.3 is 11.7 Å². The summed E-state index contributed by atoms with van der Waals surface area (Å²) >= 11 is 6.00. The molecule has 2 aliphatic rings. The van der Waals surface area contributed by atoms with Gasteiger partial charge in [-0.3, -0.25) is 14.3 Å². The molecule has 2 fully saturated rings. The van der Waals surface area contributed by atoms with Crippen LogP contribution in [0, 0.1) is 0 Å². The van der Waals surface area contributed by atoms with Crippen LogP contribution < -0.4 is 5.69 Å². The van der Waals surface area contributed by atoms with Crippen molar-refractivity contribution in [2.75, 3.05) is 19.7 Å². The number of hydrogen-bond acceptors (Lipinski definition) is 4. The zero-order valence-corrected chi connectivity index (χ0v) is 15.3. The molecule has 0 amide bonds. The first-order chi connectivity index (χ1) is 12.9. The number of fused-ring (bicyclic) bond motifs is 1. The van der Waals surface area contributed by atoms with Crippen molar-refractivity contribution < 1.29 is 18.3 Å². The van der Waals surface area contributed by atoms with Gasteiger partial charge in [-0.15, -0.1) is 0 Å². The molecule has 1 unspecified atom stereocenters. The first-order valence-corrected chi connectivity index (χ1v) is 9.43. The third-order valence-corrected chi connectivity index (χ3v) is 5.89. The number of H-pyrrole nitrogens is 1. The Balaban J connectivity index is 1.55. The third kappa shape index (κ3) is 3.48. The predicted molar refractivity (Wildman–Crippen MR) is 96.4 cm³/mol. The number of aromatic nitrogens is 2. The maximum absolute atomic E-state index is 13.0. The Hall–Kier alpha value is -1.93. The number of rotatable bonds is 3. The van der Waals surface area contributed by atoms with Gasteiger partial charge in [0.25, 0.3) is 6.43 Å². The summed E-state index contributed by atoms with van der Waals surface area (Å²) in [5.41, 5.74) is 0.329. The molecule has 0 bridgehead atoms. The van der Waals surface area contributed by atoms with Gasteiger partial charge < -0.3 is 9.72 Å². The second kappa shape index (κ2) is 7.24. The van der Waals surface area contributed by atoms with Crippen LogP contribution in [0.5, 0.6) is 0 Å². The maximum Gasteiger partial charge on any atom is 0.326 e. The van der Waals surface area contributed by atoms with E-state index in [2.05, 4.69) is 9.88 Å². The molecule has 146 valence electrons. The zero-order valence-electron chi connectivity index (χ0n) is 14.6. The van der Waals surface area contributed by atoms with Crippen molar-refractivity contribution in [2.45, 2.75) is 44.2 Å². The highest BCUT2D eigenvalue weighted by atomic mass is 35.5. The van der Waals surface area contributed by atoms with Crippen molar-refractivity contribution in [3.05, 3.63) is 33.2 Å². The number of carbonyl (C=O) groups excluding carboxylic acids is 1. The van der Waals surface area contributed by atoms with Gasteiger partial charge in [0.05, 0.1) is 29.1 Å². The van der Waals surface area contributed by atoms with Crippen molar-refractivity contribution >= 4 is 28.6 Å². The quantitative estimate of drug-likeness (QED) is 0.804. The van der Waals surface area contributed by atoms with Crippen LogP contribution in [0.3, 0.4) is 0 Å². The molecule has 1 aromatic carbocycles. The number of nitrogens with zero attached hydrogens (tertiary/aromatic N) is 2. The number of hydrogen-bond donors (Lipinski definition) is 1. The van der Waals surface area contributed by atoms with Gasteiger partial charge in [-0.1, -0.05) is 11.6 Å². The average Bonchev–Trinajstić information content (AvgIpc) is 2.96. The van der Waals surface area contributed by atoms with Gasteiger partial charge in [0.2, 0.25) is 0 Å². The van der Waals surface area contributed by atoms with Crippen LogP contribution >= 0.6 is 11.6 Å². The predicted octanol–water partition coefficient (Wildman–Crippen LogP) is 3.26. The summed E-state index contributed by atoms with van der Waals surface area (Å²) < 4.78 is 32.7. The Morgan fingerprint density at radius 1 is 1.15 bits per heavy atom. The van der Waals surface area contributed by atoms with E-state index in [0.717, 1.165) is 32.4 Å². The lowest BCUT2D eigenvalue weighted by atomic mass is 9.99. The standard InChI is InChI=1S/C18H20ClF2N3O3/c19-13-9-15-14(8-12(13)17(20)21)22-18(26)24(15)10-1-4-23(5-2-10)11-3-6-27-16(25)7-11/h8-11,17H,1-7H2,(H,22,26). The van der Waals surface area contributed by atoms with Crippen LogP contribution in [0.15, 0.2) is 16.9 Å². The van der Waals surface area contributed by atoms with Crippen molar-refractivity contribution in [2.24, 2.45) is 0 Å². The zero-order chi connectivity index (χ0) is 19.1. The Labute approximate surface area is 159 Å². The molecule has 0 radical (unpaired) electrons. The number of nitrogens with one attached hydrogen (secondary N) is 1. The van der Waals surface area contributed by atoms with Crippen LogP contribution in [-0.2, 0) is 9.53 Å². The third-order valence-electron chi connectivity index (χ3n) is 5.57. The molecule has 0 spiro atoms. The summed E-state index contributed by atoms with van der Waals surface area (Å²) in [6.07, 6.45) is 0.0254. The van der Waals surface area contributed by atoms with Crippen molar-refractivity contribution in [3.63, 3.8) is 0 Å². The van der Waals surface area contributed by atoms with E-state index < -0.39 is 6.43 Å². The number of ether oxygens (including phenoxy) is 1. The Morgan fingerprint density at radius 3 is 2.56 bits per heavy atom. The fourth-order valence-corrected chi connectivity index (χ4v) is 4.42. The molecule has 2 saturated heterocycles. The number of alkyl halides is 2. The molecule has 2 aliphatic heterocycles. The molecule has 9 heteroatoms. The number of aromatic amines is 1. The van der Waals surface area contributed by atoms with E-state index in [0.29, 0.717) is 24.1 Å². The minimum Gasteiger partial charge on any atom is -0.466 e. The number of halogens is 3. The van der Waals surface area contributed by atoms with Gasteiger partial charge in [0.1, 0.15) is 0 Å². The summed E-state index contributed by atoms with van der Waals surface area (Å²) in [6.45, 7) is 1.99. The van der Waals surface area contributed by atoms with E-state index in [-0.39, 0.29) is 34.3 Å². The summed E-state index contributed by atoms with van der Waals surface area (Å²) in [5.74, 6) is -0.161. The first-order valence-electron chi connectivity index (χ1n) is 9.05. The molecule has 2 aromatic rings. The van der Waals surface area contributed by atoms with Gasteiger partial charge in [0.15, 0.2) is 0 Å². The van der Waals surface area contributed by atoms with Crippen molar-refractivity contribution in [1.29, 1.82) is 0 Å². The minimum absolute atomic E-state index is 0.0356. The molecule has 1 atom stereocenters. The van der Waals surface area contributed by atoms with Gasteiger partial charge in [0, 0.05) is 30.7 Å². The Bertz CT molecular complexity index is 918. The number of benzene rings is 1. The number of cyclic esters (lactones) is 1. The summed E-state index contributed by atoms with van der Waals surface area (Å²) in [6, 6.07) is 2.85. The first kappa shape index (κ1) is 18.4. The van der Waals surface area contributed by atoms with Gasteiger partial charge in [-0.25, -0.2) is 13.6 Å². The lowest BCUT2D eigenvalue weighted by molar-refractivity contribution is -0.150. The van der Waals surface area contributed by atoms with Crippen LogP contribution in [0.4, 0.5) is 8.78 Å². The van der Waals surface area contributed by atoms with E-state index in [1.54, 1.807) is 4.57 Å². The molecule has 4 rings (SSSR count). The van der Waals surface area contributed by atoms with Crippen molar-refractivity contribution in [1.82, 2.24) is 14.5 Å². The Morgan fingerprint density at radius 2 is 1.89 bits per heavy atom. The van der Waals surface area contributed by atoms with E-state index >= 15 is 0 Å². The average molecular weight is 400 g/mol. The van der Waals surface area contributed by atoms with Gasteiger partial charge in [-0.2, -0.15) is 0 Å². The number of imidazole rings is 1. The summed E-state index contributed by atoms with van der Waals surface area (Å²) in [7, 11) is 0. The Kier molecular flexibility index (Phi) is 4.94. The smallest absolute Gasteiger partial charge is 0.326 e. The van der Waals surface area contributed by atoms with E-state index in [9.17, 15) is 18.4 Å². The number of carbonyl (C=O) groups is 1. The molecular weight excluding hydrogens is 380 g/mol. The fraction of sp³-hybridized carbons (Fsp3) is 0.556. The van der Waals surface area contributed by atoms with Crippen LogP contribution in [0.25, 0.3) is 11.0 Å². The summed E-state index contributed by atoms with van der Waals surface area (Å²) in [5, 5.41) is -0.0385. The molecular formula is C18H20ClF2N3O3. The summed E-state index contributed by atoms with van der Waals surface area (Å²) in [4.78, 5) is 28.9. The maximum atomic E-state index is 13.0. The number of likely N-dealkylation sites (tertiary alicyclic amines) is 1. The van der Waals surface area contributed by atoms with Crippen molar-refractivity contribution in [3.8, 4) is 0 Å². The molecule has 0 saturated carbocycles. The highest BCUT2D eigenvalue weighted by Gasteiger charge is 2.31. The van der Waals surface area contributed by atoms with E-state index in [1.165, 1.54) is 12.1 Å². The number of esters is 1. The normalized spacial score (nSPS) is 22.5. The van der Waals surface area contributed by atoms with Crippen LogP contribution in [0.2, 0.25) is 5.02 Å². The lowest BCUT2D eigenvalue weighted by Gasteiger charge is -2.38. The van der Waals surface area contributed by atoms with E-state index in [4.69, 9.17) is 16.3 Å². The molecule has 27 heavy (non-hydrogen) atoms. The van der Waals surface area contributed by atoms with Crippen LogP contribution in [0.1, 0.15) is 43.7 Å². The highest BCUT2D eigenvalue weighted by molar-refractivity contribution is 6.32. The fourth-order valence-electron chi connectivity index (χ4n) is 4.18. The second-order valence-electron chi connectivity index (χ2n) is 7.13. The molecule has 1 aromatic heterocycles. The SMILES string of the molecule is O=C1CC(N2CCC(n3c(=O)[nH]c4cc(C(F)F)c(Cl)cc43)CC2)CCO1. The largest absolute Gasteiger partial charge is 0.466 e. The number of piperidine rings is 1. The monoisotopic (exact) mass is 399 g/mol. The lowest BCUT2D eigenvalue weighted by Crippen LogP contribution is -2.46. The second-order valence-corrected chi connectivity index (χ2v) is 7.53. The molecule has 0 aliphatic carbocycles. The molecule has 3 heterocycles. The topological polar surface area (TPSA) is 67.3 Å².